The summed E-state index contributed by atoms with van der Waals surface area (Å²) in [6.45, 7) is 13.4. The van der Waals surface area contributed by atoms with E-state index in [-0.39, 0.29) is 5.41 Å². The molecule has 0 atom stereocenters. The van der Waals surface area contributed by atoms with Gasteiger partial charge in [-0.1, -0.05) is 32.4 Å². The maximum Gasteiger partial charge on any atom is 0.126 e. The number of rotatable bonds is 3. The van der Waals surface area contributed by atoms with Crippen LogP contribution < -0.4 is 5.32 Å². The fourth-order valence-electron chi connectivity index (χ4n) is 2.86. The van der Waals surface area contributed by atoms with E-state index in [1.807, 2.05) is 0 Å². The molecule has 3 nitrogen and oxygen atoms in total. The van der Waals surface area contributed by atoms with E-state index in [0.717, 1.165) is 29.5 Å². The van der Waals surface area contributed by atoms with Gasteiger partial charge in [-0.05, 0) is 43.7 Å². The van der Waals surface area contributed by atoms with Crippen molar-refractivity contribution in [2.24, 2.45) is 0 Å². The van der Waals surface area contributed by atoms with Gasteiger partial charge in [0.25, 0.3) is 0 Å². The van der Waals surface area contributed by atoms with Crippen LogP contribution in [-0.4, -0.2) is 35.1 Å². The number of aromatic nitrogens is 1. The maximum absolute atomic E-state index is 6.28. The summed E-state index contributed by atoms with van der Waals surface area (Å²) < 4.78 is 0. The van der Waals surface area contributed by atoms with E-state index < -0.39 is 0 Å². The first-order valence-corrected chi connectivity index (χ1v) is 8.32. The lowest BCUT2D eigenvalue weighted by Crippen LogP contribution is -2.42. The standard InChI is InChI=1S/C17H28ClN3/c1-12(2)21-8-6-13(7-9-21)20-16-10-14(17(3,4)5)15(18)11-19-16/h10-13H,6-9H2,1-5H3,(H,19,20). The zero-order chi connectivity index (χ0) is 15.6. The number of nitrogens with one attached hydrogen (secondary N) is 1. The molecule has 0 bridgehead atoms. The number of hydrogen-bond donors (Lipinski definition) is 1. The van der Waals surface area contributed by atoms with Gasteiger partial charge in [0.15, 0.2) is 0 Å². The molecule has 1 aliphatic heterocycles. The molecule has 1 aromatic rings. The van der Waals surface area contributed by atoms with Gasteiger partial charge in [-0.3, -0.25) is 0 Å². The maximum atomic E-state index is 6.28. The van der Waals surface area contributed by atoms with Crippen molar-refractivity contribution in [3.05, 3.63) is 22.8 Å². The molecule has 2 rings (SSSR count). The Hall–Kier alpha value is -0.800. The molecule has 21 heavy (non-hydrogen) atoms. The van der Waals surface area contributed by atoms with Crippen LogP contribution in [0.5, 0.6) is 0 Å². The van der Waals surface area contributed by atoms with E-state index in [4.69, 9.17) is 11.6 Å². The minimum Gasteiger partial charge on any atom is -0.367 e. The summed E-state index contributed by atoms with van der Waals surface area (Å²) in [4.78, 5) is 6.98. The van der Waals surface area contributed by atoms with E-state index in [1.54, 1.807) is 6.20 Å². The van der Waals surface area contributed by atoms with Gasteiger partial charge in [-0.15, -0.1) is 0 Å². The predicted octanol–water partition coefficient (Wildman–Crippen LogP) is 4.32. The smallest absolute Gasteiger partial charge is 0.126 e. The third kappa shape index (κ3) is 4.33. The van der Waals surface area contributed by atoms with Gasteiger partial charge in [0.1, 0.15) is 5.82 Å². The third-order valence-corrected chi connectivity index (χ3v) is 4.58. The van der Waals surface area contributed by atoms with E-state index in [1.165, 1.54) is 12.8 Å². The van der Waals surface area contributed by atoms with Crippen LogP contribution in [0.3, 0.4) is 0 Å². The highest BCUT2D eigenvalue weighted by molar-refractivity contribution is 6.31. The molecular formula is C17H28ClN3. The van der Waals surface area contributed by atoms with Crippen LogP contribution in [0, 0.1) is 0 Å². The highest BCUT2D eigenvalue weighted by Gasteiger charge is 2.22. The molecule has 1 fully saturated rings. The number of halogens is 1. The highest BCUT2D eigenvalue weighted by atomic mass is 35.5. The van der Waals surface area contributed by atoms with Gasteiger partial charge in [0.2, 0.25) is 0 Å². The second-order valence-corrected chi connectivity index (χ2v) is 7.75. The molecule has 118 valence electrons. The Bertz CT molecular complexity index is 471. The second kappa shape index (κ2) is 6.53. The molecule has 0 spiro atoms. The number of anilines is 1. The van der Waals surface area contributed by atoms with E-state index in [0.29, 0.717) is 12.1 Å². The van der Waals surface area contributed by atoms with Crippen molar-refractivity contribution in [1.29, 1.82) is 0 Å². The number of likely N-dealkylation sites (tertiary alicyclic amines) is 1. The van der Waals surface area contributed by atoms with E-state index >= 15 is 0 Å². The van der Waals surface area contributed by atoms with Crippen molar-refractivity contribution in [2.75, 3.05) is 18.4 Å². The lowest BCUT2D eigenvalue weighted by atomic mass is 9.87. The molecule has 1 aliphatic rings. The topological polar surface area (TPSA) is 28.2 Å². The predicted molar refractivity (Wildman–Crippen MR) is 91.3 cm³/mol. The molecule has 0 amide bonds. The molecule has 2 heterocycles. The summed E-state index contributed by atoms with van der Waals surface area (Å²) in [6.07, 6.45) is 4.12. The highest BCUT2D eigenvalue weighted by Crippen LogP contribution is 2.31. The molecular weight excluding hydrogens is 282 g/mol. The Kier molecular flexibility index (Phi) is 5.15. The summed E-state index contributed by atoms with van der Waals surface area (Å²) >= 11 is 6.28. The first-order chi connectivity index (χ1) is 9.77. The van der Waals surface area contributed by atoms with Crippen molar-refractivity contribution in [1.82, 2.24) is 9.88 Å². The average Bonchev–Trinajstić information content (AvgIpc) is 2.40. The molecule has 1 aromatic heterocycles. The van der Waals surface area contributed by atoms with Crippen molar-refractivity contribution in [3.63, 3.8) is 0 Å². The van der Waals surface area contributed by atoms with E-state index in [2.05, 4.69) is 55.9 Å². The SMILES string of the molecule is CC(C)N1CCC(Nc2cc(C(C)(C)C)c(Cl)cn2)CC1. The van der Waals surface area contributed by atoms with Crippen LogP contribution in [0.1, 0.15) is 53.0 Å². The molecule has 0 unspecified atom stereocenters. The number of nitrogens with zero attached hydrogens (tertiary/aromatic N) is 2. The molecule has 0 saturated carbocycles. The van der Waals surface area contributed by atoms with Crippen LogP contribution in [0.15, 0.2) is 12.3 Å². The lowest BCUT2D eigenvalue weighted by molar-refractivity contribution is 0.177. The Labute approximate surface area is 134 Å². The first kappa shape index (κ1) is 16.6. The van der Waals surface area contributed by atoms with Crippen molar-refractivity contribution in [3.8, 4) is 0 Å². The zero-order valence-electron chi connectivity index (χ0n) is 13.9. The largest absolute Gasteiger partial charge is 0.367 e. The summed E-state index contributed by atoms with van der Waals surface area (Å²) in [5.74, 6) is 0.951. The number of hydrogen-bond acceptors (Lipinski definition) is 3. The van der Waals surface area contributed by atoms with E-state index in [9.17, 15) is 0 Å². The van der Waals surface area contributed by atoms with Crippen LogP contribution in [0.4, 0.5) is 5.82 Å². The molecule has 4 heteroatoms. The van der Waals surface area contributed by atoms with Crippen molar-refractivity contribution in [2.45, 2.75) is 65.0 Å². The minimum absolute atomic E-state index is 0.0391. The minimum atomic E-state index is 0.0391. The zero-order valence-corrected chi connectivity index (χ0v) is 14.7. The van der Waals surface area contributed by atoms with Crippen molar-refractivity contribution >= 4 is 17.4 Å². The summed E-state index contributed by atoms with van der Waals surface area (Å²) in [5.41, 5.74) is 1.19. The molecule has 1 saturated heterocycles. The summed E-state index contributed by atoms with van der Waals surface area (Å²) in [7, 11) is 0. The molecule has 0 aliphatic carbocycles. The monoisotopic (exact) mass is 309 g/mol. The van der Waals surface area contributed by atoms with Gasteiger partial charge < -0.3 is 10.2 Å². The number of pyridine rings is 1. The van der Waals surface area contributed by atoms with Gasteiger partial charge in [0, 0.05) is 31.4 Å². The average molecular weight is 310 g/mol. The van der Waals surface area contributed by atoms with Gasteiger partial charge in [-0.2, -0.15) is 0 Å². The fourth-order valence-corrected chi connectivity index (χ4v) is 3.25. The van der Waals surface area contributed by atoms with Crippen LogP contribution in [0.25, 0.3) is 0 Å². The molecule has 1 N–H and O–H groups in total. The Morgan fingerprint density at radius 3 is 2.43 bits per heavy atom. The lowest BCUT2D eigenvalue weighted by Gasteiger charge is -2.35. The Morgan fingerprint density at radius 2 is 1.90 bits per heavy atom. The van der Waals surface area contributed by atoms with Crippen LogP contribution >= 0.6 is 11.6 Å². The van der Waals surface area contributed by atoms with Crippen molar-refractivity contribution < 1.29 is 0 Å². The quantitative estimate of drug-likeness (QED) is 0.901. The summed E-state index contributed by atoms with van der Waals surface area (Å²) in [6, 6.07) is 3.27. The molecule has 0 radical (unpaired) electrons. The summed E-state index contributed by atoms with van der Waals surface area (Å²) in [5, 5.41) is 4.34. The van der Waals surface area contributed by atoms with Gasteiger partial charge >= 0.3 is 0 Å². The number of piperidine rings is 1. The van der Waals surface area contributed by atoms with Gasteiger partial charge in [-0.25, -0.2) is 4.98 Å². The Balaban J connectivity index is 2.01. The van der Waals surface area contributed by atoms with Crippen LogP contribution in [0.2, 0.25) is 5.02 Å². The third-order valence-electron chi connectivity index (χ3n) is 4.28. The normalized spacial score (nSPS) is 18.2. The first-order valence-electron chi connectivity index (χ1n) is 7.94. The second-order valence-electron chi connectivity index (χ2n) is 7.35. The van der Waals surface area contributed by atoms with Crippen LogP contribution in [-0.2, 0) is 5.41 Å². The fraction of sp³-hybridized carbons (Fsp3) is 0.706. The Morgan fingerprint density at radius 1 is 1.29 bits per heavy atom. The molecule has 0 aromatic carbocycles. The van der Waals surface area contributed by atoms with Gasteiger partial charge in [0.05, 0.1) is 5.02 Å².